The van der Waals surface area contributed by atoms with Crippen LogP contribution in [-0.2, 0) is 4.74 Å². The fourth-order valence-corrected chi connectivity index (χ4v) is 2.68. The number of carbonyl (C=O) groups excluding carboxylic acids is 2. The SMILES string of the molecule is Cc1ccc(C)n1-c1ncccc1C(=O)CCCNC(=O)OC(C)(C)C. The Labute approximate surface area is 154 Å². The van der Waals surface area contributed by atoms with Gasteiger partial charge in [-0.25, -0.2) is 9.78 Å². The number of ether oxygens (including phenoxy) is 1. The lowest BCUT2D eigenvalue weighted by Crippen LogP contribution is -2.33. The molecule has 2 heterocycles. The standard InChI is InChI=1S/C20H27N3O3/c1-14-10-11-15(2)23(14)18-16(8-6-12-21-18)17(24)9-7-13-22-19(25)26-20(3,4)5/h6,8,10-12H,7,9,13H2,1-5H3,(H,22,25). The topological polar surface area (TPSA) is 73.2 Å². The Morgan fingerprint density at radius 2 is 1.81 bits per heavy atom. The Morgan fingerprint density at radius 3 is 2.42 bits per heavy atom. The van der Waals surface area contributed by atoms with Gasteiger partial charge in [0.2, 0.25) is 0 Å². The molecule has 0 unspecified atom stereocenters. The number of hydrogen-bond acceptors (Lipinski definition) is 4. The number of aromatic nitrogens is 2. The minimum Gasteiger partial charge on any atom is -0.444 e. The number of aryl methyl sites for hydroxylation is 2. The monoisotopic (exact) mass is 357 g/mol. The number of Topliss-reactive ketones (excluding diaryl/α,β-unsaturated/α-hetero) is 1. The summed E-state index contributed by atoms with van der Waals surface area (Å²) in [5.41, 5.74) is 2.12. The molecule has 0 aliphatic rings. The van der Waals surface area contributed by atoms with Gasteiger partial charge in [0.05, 0.1) is 5.56 Å². The van der Waals surface area contributed by atoms with Crippen molar-refractivity contribution in [1.29, 1.82) is 0 Å². The van der Waals surface area contributed by atoms with Crippen LogP contribution < -0.4 is 5.32 Å². The van der Waals surface area contributed by atoms with Crippen molar-refractivity contribution in [2.75, 3.05) is 6.54 Å². The molecule has 2 rings (SSSR count). The summed E-state index contributed by atoms with van der Waals surface area (Å²) in [6.07, 6.45) is 2.09. The lowest BCUT2D eigenvalue weighted by molar-refractivity contribution is 0.0525. The van der Waals surface area contributed by atoms with Crippen molar-refractivity contribution in [2.45, 2.75) is 53.1 Å². The van der Waals surface area contributed by atoms with Gasteiger partial charge in [-0.2, -0.15) is 0 Å². The van der Waals surface area contributed by atoms with Crippen molar-refractivity contribution in [3.05, 3.63) is 47.4 Å². The molecular formula is C20H27N3O3. The first-order valence-electron chi connectivity index (χ1n) is 8.79. The molecule has 0 aromatic carbocycles. The number of carbonyl (C=O) groups is 2. The van der Waals surface area contributed by atoms with Crippen molar-refractivity contribution >= 4 is 11.9 Å². The van der Waals surface area contributed by atoms with E-state index in [4.69, 9.17) is 4.74 Å². The summed E-state index contributed by atoms with van der Waals surface area (Å²) in [5.74, 6) is 0.657. The highest BCUT2D eigenvalue weighted by atomic mass is 16.6. The number of hydrogen-bond donors (Lipinski definition) is 1. The number of ketones is 1. The van der Waals surface area contributed by atoms with E-state index >= 15 is 0 Å². The highest BCUT2D eigenvalue weighted by Gasteiger charge is 2.17. The third-order valence-corrected chi connectivity index (χ3v) is 3.82. The Morgan fingerprint density at radius 1 is 1.15 bits per heavy atom. The molecule has 0 aliphatic heterocycles. The van der Waals surface area contributed by atoms with Crippen molar-refractivity contribution in [1.82, 2.24) is 14.9 Å². The third-order valence-electron chi connectivity index (χ3n) is 3.82. The van der Waals surface area contributed by atoms with E-state index in [1.165, 1.54) is 0 Å². The normalized spacial score (nSPS) is 11.3. The van der Waals surface area contributed by atoms with Gasteiger partial charge in [0.25, 0.3) is 0 Å². The quantitative estimate of drug-likeness (QED) is 0.627. The largest absolute Gasteiger partial charge is 0.444 e. The van der Waals surface area contributed by atoms with Crippen LogP contribution >= 0.6 is 0 Å². The molecule has 0 bridgehead atoms. The Balaban J connectivity index is 1.98. The van der Waals surface area contributed by atoms with E-state index in [9.17, 15) is 9.59 Å². The minimum absolute atomic E-state index is 0.00610. The first-order valence-corrected chi connectivity index (χ1v) is 8.79. The van der Waals surface area contributed by atoms with Gasteiger partial charge in [0.15, 0.2) is 5.78 Å². The first kappa shape index (κ1) is 19.7. The van der Waals surface area contributed by atoms with E-state index < -0.39 is 11.7 Å². The predicted octanol–water partition coefficient (Wildman–Crippen LogP) is 3.98. The zero-order chi connectivity index (χ0) is 19.3. The maximum Gasteiger partial charge on any atom is 0.407 e. The fraction of sp³-hybridized carbons (Fsp3) is 0.450. The van der Waals surface area contributed by atoms with Crippen LogP contribution in [-0.4, -0.2) is 33.6 Å². The lowest BCUT2D eigenvalue weighted by Gasteiger charge is -2.19. The molecule has 0 aliphatic carbocycles. The predicted molar refractivity (Wildman–Crippen MR) is 101 cm³/mol. The van der Waals surface area contributed by atoms with Crippen LogP contribution in [0.15, 0.2) is 30.5 Å². The second kappa shape index (κ2) is 8.17. The van der Waals surface area contributed by atoms with E-state index in [-0.39, 0.29) is 5.78 Å². The van der Waals surface area contributed by atoms with E-state index in [2.05, 4.69) is 10.3 Å². The van der Waals surface area contributed by atoms with E-state index in [0.29, 0.717) is 30.8 Å². The van der Waals surface area contributed by atoms with Gasteiger partial charge in [0, 0.05) is 30.6 Å². The molecule has 0 spiro atoms. The zero-order valence-corrected chi connectivity index (χ0v) is 16.1. The van der Waals surface area contributed by atoms with E-state index in [1.807, 2.05) is 51.3 Å². The van der Waals surface area contributed by atoms with Crippen LogP contribution in [0.25, 0.3) is 5.82 Å². The highest BCUT2D eigenvalue weighted by Crippen LogP contribution is 2.19. The van der Waals surface area contributed by atoms with Gasteiger partial charge in [0.1, 0.15) is 11.4 Å². The molecule has 2 aromatic rings. The Bertz CT molecular complexity index is 768. The van der Waals surface area contributed by atoms with Crippen LogP contribution in [0.1, 0.15) is 55.4 Å². The minimum atomic E-state index is -0.531. The average Bonchev–Trinajstić information content (AvgIpc) is 2.88. The Hall–Kier alpha value is -2.63. The van der Waals surface area contributed by atoms with Crippen LogP contribution in [0.4, 0.5) is 4.79 Å². The summed E-state index contributed by atoms with van der Waals surface area (Å²) in [5, 5.41) is 2.67. The number of pyridine rings is 1. The molecule has 0 atom stereocenters. The number of amides is 1. The van der Waals surface area contributed by atoms with E-state index in [1.54, 1.807) is 18.3 Å². The van der Waals surface area contributed by atoms with Gasteiger partial charge < -0.3 is 14.6 Å². The molecule has 0 fully saturated rings. The molecule has 1 amide bonds. The van der Waals surface area contributed by atoms with E-state index in [0.717, 1.165) is 11.4 Å². The molecule has 0 radical (unpaired) electrons. The van der Waals surface area contributed by atoms with Crippen LogP contribution in [0.3, 0.4) is 0 Å². The summed E-state index contributed by atoms with van der Waals surface area (Å²) in [6, 6.07) is 7.57. The number of rotatable bonds is 6. The summed E-state index contributed by atoms with van der Waals surface area (Å²) >= 11 is 0. The van der Waals surface area contributed by atoms with Crippen molar-refractivity contribution in [3.8, 4) is 5.82 Å². The summed E-state index contributed by atoms with van der Waals surface area (Å²) in [7, 11) is 0. The maximum absolute atomic E-state index is 12.7. The zero-order valence-electron chi connectivity index (χ0n) is 16.1. The summed E-state index contributed by atoms with van der Waals surface area (Å²) in [6.45, 7) is 9.79. The van der Waals surface area contributed by atoms with Gasteiger partial charge in [-0.15, -0.1) is 0 Å². The van der Waals surface area contributed by atoms with Crippen molar-refractivity contribution in [3.63, 3.8) is 0 Å². The average molecular weight is 357 g/mol. The molecule has 6 heteroatoms. The fourth-order valence-electron chi connectivity index (χ4n) is 2.68. The Kier molecular flexibility index (Phi) is 6.18. The van der Waals surface area contributed by atoms with Crippen LogP contribution in [0.2, 0.25) is 0 Å². The maximum atomic E-state index is 12.7. The summed E-state index contributed by atoms with van der Waals surface area (Å²) in [4.78, 5) is 28.7. The molecule has 0 saturated heterocycles. The first-order chi connectivity index (χ1) is 12.2. The summed E-state index contributed by atoms with van der Waals surface area (Å²) < 4.78 is 7.15. The molecular weight excluding hydrogens is 330 g/mol. The van der Waals surface area contributed by atoms with Crippen LogP contribution in [0, 0.1) is 13.8 Å². The van der Waals surface area contributed by atoms with Crippen molar-refractivity contribution in [2.24, 2.45) is 0 Å². The third kappa shape index (κ3) is 5.18. The molecule has 26 heavy (non-hydrogen) atoms. The smallest absolute Gasteiger partial charge is 0.407 e. The second-order valence-corrected chi connectivity index (χ2v) is 7.28. The molecule has 1 N–H and O–H groups in total. The number of nitrogens with one attached hydrogen (secondary N) is 1. The van der Waals surface area contributed by atoms with Crippen LogP contribution in [0.5, 0.6) is 0 Å². The van der Waals surface area contributed by atoms with Gasteiger partial charge in [-0.3, -0.25) is 4.79 Å². The number of alkyl carbamates (subject to hydrolysis) is 1. The van der Waals surface area contributed by atoms with Crippen molar-refractivity contribution < 1.29 is 14.3 Å². The lowest BCUT2D eigenvalue weighted by atomic mass is 10.1. The second-order valence-electron chi connectivity index (χ2n) is 7.28. The number of nitrogens with zero attached hydrogens (tertiary/aromatic N) is 2. The molecule has 140 valence electrons. The van der Waals surface area contributed by atoms with Gasteiger partial charge >= 0.3 is 6.09 Å². The van der Waals surface area contributed by atoms with Gasteiger partial charge in [-0.1, -0.05) is 0 Å². The highest BCUT2D eigenvalue weighted by molar-refractivity contribution is 5.98. The molecule has 6 nitrogen and oxygen atoms in total. The molecule has 2 aromatic heterocycles. The van der Waals surface area contributed by atoms with Gasteiger partial charge in [-0.05, 0) is 65.3 Å². The molecule has 0 saturated carbocycles.